The van der Waals surface area contributed by atoms with Gasteiger partial charge in [-0.2, -0.15) is 0 Å². The molecule has 0 saturated carbocycles. The van der Waals surface area contributed by atoms with Gasteiger partial charge in [0.05, 0.1) is 23.1 Å². The first-order chi connectivity index (χ1) is 12.0. The van der Waals surface area contributed by atoms with E-state index in [0.29, 0.717) is 33.6 Å². The summed E-state index contributed by atoms with van der Waals surface area (Å²) in [6.45, 7) is 3.70. The Bertz CT molecular complexity index is 894. The van der Waals surface area contributed by atoms with Gasteiger partial charge >= 0.3 is 0 Å². The summed E-state index contributed by atoms with van der Waals surface area (Å²) < 4.78 is 5.62. The second-order valence-electron chi connectivity index (χ2n) is 5.48. The van der Waals surface area contributed by atoms with E-state index >= 15 is 0 Å². The quantitative estimate of drug-likeness (QED) is 0.732. The van der Waals surface area contributed by atoms with Gasteiger partial charge in [-0.15, -0.1) is 0 Å². The molecule has 1 aromatic carbocycles. The van der Waals surface area contributed by atoms with Crippen molar-refractivity contribution in [1.82, 2.24) is 9.97 Å². The molecule has 3 aromatic rings. The van der Waals surface area contributed by atoms with Crippen LogP contribution in [0.1, 0.15) is 21.7 Å². The smallest absolute Gasteiger partial charge is 0.257 e. The van der Waals surface area contributed by atoms with Crippen LogP contribution >= 0.6 is 11.6 Å². The number of rotatable bonds is 4. The minimum absolute atomic E-state index is 0.224. The van der Waals surface area contributed by atoms with Gasteiger partial charge in [-0.05, 0) is 56.3 Å². The van der Waals surface area contributed by atoms with Gasteiger partial charge in [0.1, 0.15) is 5.75 Å². The molecule has 0 radical (unpaired) electrons. The van der Waals surface area contributed by atoms with E-state index in [-0.39, 0.29) is 5.91 Å². The van der Waals surface area contributed by atoms with Crippen molar-refractivity contribution in [2.75, 3.05) is 5.32 Å². The zero-order chi connectivity index (χ0) is 17.8. The number of halogens is 1. The SMILES string of the molecule is Cc1ccc(C(=O)Nc2ccc(Oc3ccc(Cl)cc3)nc2)c(C)n1. The molecule has 2 aromatic heterocycles. The van der Waals surface area contributed by atoms with Crippen molar-refractivity contribution in [3.05, 3.63) is 76.7 Å². The van der Waals surface area contributed by atoms with Gasteiger partial charge in [0.25, 0.3) is 5.91 Å². The maximum atomic E-state index is 12.3. The van der Waals surface area contributed by atoms with Crippen LogP contribution in [-0.2, 0) is 0 Å². The number of aryl methyl sites for hydroxylation is 2. The Morgan fingerprint density at radius 1 is 1.04 bits per heavy atom. The molecule has 0 fully saturated rings. The van der Waals surface area contributed by atoms with E-state index in [0.717, 1.165) is 5.69 Å². The predicted molar refractivity (Wildman–Crippen MR) is 97.4 cm³/mol. The van der Waals surface area contributed by atoms with Crippen molar-refractivity contribution in [2.24, 2.45) is 0 Å². The van der Waals surface area contributed by atoms with Crippen molar-refractivity contribution in [3.8, 4) is 11.6 Å². The minimum Gasteiger partial charge on any atom is -0.439 e. The molecule has 0 atom stereocenters. The van der Waals surface area contributed by atoms with Crippen molar-refractivity contribution >= 4 is 23.2 Å². The Morgan fingerprint density at radius 3 is 2.44 bits per heavy atom. The number of amides is 1. The number of hydrogen-bond donors (Lipinski definition) is 1. The standard InChI is InChI=1S/C19H16ClN3O2/c1-12-3-9-17(13(2)22-12)19(24)23-15-6-10-18(21-11-15)25-16-7-4-14(20)5-8-16/h3-11H,1-2H3,(H,23,24). The van der Waals surface area contributed by atoms with Crippen LogP contribution in [0.2, 0.25) is 5.02 Å². The van der Waals surface area contributed by atoms with Crippen molar-refractivity contribution in [2.45, 2.75) is 13.8 Å². The maximum absolute atomic E-state index is 12.3. The molecule has 0 aliphatic carbocycles. The number of benzene rings is 1. The van der Waals surface area contributed by atoms with E-state index in [2.05, 4.69) is 15.3 Å². The zero-order valence-corrected chi connectivity index (χ0v) is 14.5. The molecule has 6 heteroatoms. The Labute approximate surface area is 150 Å². The summed E-state index contributed by atoms with van der Waals surface area (Å²) in [5, 5.41) is 3.44. The van der Waals surface area contributed by atoms with Crippen LogP contribution < -0.4 is 10.1 Å². The van der Waals surface area contributed by atoms with E-state index in [1.54, 1.807) is 48.7 Å². The second-order valence-corrected chi connectivity index (χ2v) is 5.92. The molecule has 0 bridgehead atoms. The molecule has 2 heterocycles. The van der Waals surface area contributed by atoms with Gasteiger partial charge in [0.15, 0.2) is 0 Å². The van der Waals surface area contributed by atoms with Gasteiger partial charge in [0.2, 0.25) is 5.88 Å². The first-order valence-corrected chi connectivity index (χ1v) is 8.04. The van der Waals surface area contributed by atoms with Crippen LogP contribution in [0.25, 0.3) is 0 Å². The fourth-order valence-corrected chi connectivity index (χ4v) is 2.39. The third kappa shape index (κ3) is 4.33. The lowest BCUT2D eigenvalue weighted by Crippen LogP contribution is -2.14. The molecule has 1 N–H and O–H groups in total. The Morgan fingerprint density at radius 2 is 1.80 bits per heavy atom. The maximum Gasteiger partial charge on any atom is 0.257 e. The summed E-state index contributed by atoms with van der Waals surface area (Å²) in [4.78, 5) is 20.8. The Balaban J connectivity index is 1.67. The Hall–Kier alpha value is -2.92. The van der Waals surface area contributed by atoms with Crippen LogP contribution in [-0.4, -0.2) is 15.9 Å². The van der Waals surface area contributed by atoms with Crippen LogP contribution in [0.15, 0.2) is 54.7 Å². The molecule has 0 spiro atoms. The first kappa shape index (κ1) is 16.9. The third-order valence-electron chi connectivity index (χ3n) is 3.50. The van der Waals surface area contributed by atoms with Crippen molar-refractivity contribution < 1.29 is 9.53 Å². The number of ether oxygens (including phenoxy) is 1. The molecule has 0 aliphatic rings. The summed E-state index contributed by atoms with van der Waals surface area (Å²) in [7, 11) is 0. The molecule has 126 valence electrons. The van der Waals surface area contributed by atoms with E-state index < -0.39 is 0 Å². The normalized spacial score (nSPS) is 10.4. The molecule has 0 saturated heterocycles. The van der Waals surface area contributed by atoms with Crippen LogP contribution in [0.3, 0.4) is 0 Å². The van der Waals surface area contributed by atoms with Gasteiger partial charge in [-0.25, -0.2) is 4.98 Å². The average Bonchev–Trinajstić information content (AvgIpc) is 2.58. The molecular formula is C19H16ClN3O2. The summed E-state index contributed by atoms with van der Waals surface area (Å²) in [5.74, 6) is 0.835. The first-order valence-electron chi connectivity index (χ1n) is 7.66. The fourth-order valence-electron chi connectivity index (χ4n) is 2.26. The van der Waals surface area contributed by atoms with Crippen molar-refractivity contribution in [1.29, 1.82) is 0 Å². The number of pyridine rings is 2. The topological polar surface area (TPSA) is 64.1 Å². The summed E-state index contributed by atoms with van der Waals surface area (Å²) in [6.07, 6.45) is 1.54. The number of nitrogens with one attached hydrogen (secondary N) is 1. The molecular weight excluding hydrogens is 338 g/mol. The number of carbonyl (C=O) groups excluding carboxylic acids is 1. The molecule has 0 unspecified atom stereocenters. The average molecular weight is 354 g/mol. The number of carbonyl (C=O) groups is 1. The lowest BCUT2D eigenvalue weighted by molar-refractivity contribution is 0.102. The lowest BCUT2D eigenvalue weighted by atomic mass is 10.1. The summed E-state index contributed by atoms with van der Waals surface area (Å²) >= 11 is 5.84. The molecule has 0 aliphatic heterocycles. The summed E-state index contributed by atoms with van der Waals surface area (Å²) in [6, 6.07) is 14.0. The molecule has 25 heavy (non-hydrogen) atoms. The minimum atomic E-state index is -0.224. The fraction of sp³-hybridized carbons (Fsp3) is 0.105. The highest BCUT2D eigenvalue weighted by atomic mass is 35.5. The second kappa shape index (κ2) is 7.32. The van der Waals surface area contributed by atoms with E-state index in [1.807, 2.05) is 19.9 Å². The summed E-state index contributed by atoms with van der Waals surface area (Å²) in [5.41, 5.74) is 2.67. The predicted octanol–water partition coefficient (Wildman–Crippen LogP) is 4.79. The van der Waals surface area contributed by atoms with Crippen LogP contribution in [0.5, 0.6) is 11.6 Å². The highest BCUT2D eigenvalue weighted by Gasteiger charge is 2.10. The van der Waals surface area contributed by atoms with Crippen molar-refractivity contribution in [3.63, 3.8) is 0 Å². The van der Waals surface area contributed by atoms with E-state index in [9.17, 15) is 4.79 Å². The third-order valence-corrected chi connectivity index (χ3v) is 3.75. The number of hydrogen-bond acceptors (Lipinski definition) is 4. The number of nitrogens with zero attached hydrogens (tertiary/aromatic N) is 2. The van der Waals surface area contributed by atoms with Crippen LogP contribution in [0.4, 0.5) is 5.69 Å². The largest absolute Gasteiger partial charge is 0.439 e. The lowest BCUT2D eigenvalue weighted by Gasteiger charge is -2.09. The van der Waals surface area contributed by atoms with Crippen LogP contribution in [0, 0.1) is 13.8 Å². The number of aromatic nitrogens is 2. The monoisotopic (exact) mass is 353 g/mol. The molecule has 5 nitrogen and oxygen atoms in total. The zero-order valence-electron chi connectivity index (χ0n) is 13.8. The van der Waals surface area contributed by atoms with Gasteiger partial charge < -0.3 is 10.1 Å². The molecule has 1 amide bonds. The number of anilines is 1. The van der Waals surface area contributed by atoms with E-state index in [4.69, 9.17) is 16.3 Å². The molecule has 3 rings (SSSR count). The van der Waals surface area contributed by atoms with E-state index in [1.165, 1.54) is 0 Å². The highest BCUT2D eigenvalue weighted by Crippen LogP contribution is 2.22. The Kier molecular flexibility index (Phi) is 4.95. The highest BCUT2D eigenvalue weighted by molar-refractivity contribution is 6.30. The van der Waals surface area contributed by atoms with Gasteiger partial charge in [-0.3, -0.25) is 9.78 Å². The van der Waals surface area contributed by atoms with Gasteiger partial charge in [-0.1, -0.05) is 11.6 Å². The van der Waals surface area contributed by atoms with Gasteiger partial charge in [0, 0.05) is 16.8 Å².